The van der Waals surface area contributed by atoms with Crippen LogP contribution in [-0.4, -0.2) is 39.5 Å². The van der Waals surface area contributed by atoms with Gasteiger partial charge in [0.2, 0.25) is 0 Å². The molecule has 0 aliphatic heterocycles. The molecular weight excluding hydrogens is 452 g/mol. The molecule has 12 heteroatoms. The van der Waals surface area contributed by atoms with Gasteiger partial charge in [-0.25, -0.2) is 26.1 Å². The highest BCUT2D eigenvalue weighted by Gasteiger charge is 2.49. The molecule has 1 unspecified atom stereocenters. The predicted octanol–water partition coefficient (Wildman–Crippen LogP) is 3.22. The van der Waals surface area contributed by atoms with Crippen molar-refractivity contribution in [2.45, 2.75) is 49.1 Å². The van der Waals surface area contributed by atoms with Crippen molar-refractivity contribution in [2.75, 3.05) is 12.4 Å². The van der Waals surface area contributed by atoms with E-state index < -0.39 is 76.7 Å². The van der Waals surface area contributed by atoms with Crippen LogP contribution in [-0.2, 0) is 26.4 Å². The Kier molecular flexibility index (Phi) is 8.21. The first-order chi connectivity index (χ1) is 14.1. The Morgan fingerprint density at radius 1 is 1.35 bits per heavy atom. The molecule has 0 fully saturated rings. The molecule has 8 nitrogen and oxygen atoms in total. The second-order valence-electron chi connectivity index (χ2n) is 8.23. The van der Waals surface area contributed by atoms with Crippen LogP contribution in [0.1, 0.15) is 39.7 Å². The first-order valence-corrected chi connectivity index (χ1v) is 11.8. The zero-order chi connectivity index (χ0) is 24.3. The lowest BCUT2D eigenvalue weighted by Crippen LogP contribution is -2.54. The molecule has 0 amide bonds. The number of allylic oxidation sites excluding steroid dienone is 1. The Morgan fingerprint density at radius 2 is 1.94 bits per heavy atom. The Morgan fingerprint density at radius 3 is 2.35 bits per heavy atom. The average molecular weight is 478 g/mol. The fraction of sp³-hybridized carbons (Fsp3) is 0.526. The summed E-state index contributed by atoms with van der Waals surface area (Å²) in [5.74, 6) is -2.04. The number of nitrogens with zero attached hydrogens (tertiary/aromatic N) is 2. The third-order valence-electron chi connectivity index (χ3n) is 4.60. The highest BCUT2D eigenvalue weighted by atomic mass is 32.2. The number of hydrogen-bond acceptors (Lipinski definition) is 6. The van der Waals surface area contributed by atoms with Crippen LogP contribution in [0.5, 0.6) is 0 Å². The van der Waals surface area contributed by atoms with E-state index in [0.717, 1.165) is 24.3 Å². The molecule has 31 heavy (non-hydrogen) atoms. The van der Waals surface area contributed by atoms with Gasteiger partial charge in [0.05, 0.1) is 38.0 Å². The zero-order valence-electron chi connectivity index (χ0n) is 17.6. The number of nitrogens with one attached hydrogen (secondary N) is 1. The fourth-order valence-electron chi connectivity index (χ4n) is 2.73. The summed E-state index contributed by atoms with van der Waals surface area (Å²) in [4.78, 5) is 10.4. The lowest BCUT2D eigenvalue weighted by Gasteiger charge is -2.35. The standard InChI is InChI=1S/C19H25F2N3O5S2/c1-6-9-19(11-20,12-22)31(28,29)13-18(5,23-30(27)17(2,3)4)15-10-14(24(25)26)7-8-16(15)21/h6-8,10,23H,1,9,11,13H2,2-5H3/t18-,19?,30+/m0/s1. The van der Waals surface area contributed by atoms with Crippen molar-refractivity contribution in [1.29, 1.82) is 5.26 Å². The van der Waals surface area contributed by atoms with E-state index >= 15 is 0 Å². The molecule has 3 atom stereocenters. The molecule has 0 saturated heterocycles. The summed E-state index contributed by atoms with van der Waals surface area (Å²) in [5, 5.41) is 20.6. The Labute approximate surface area is 183 Å². The first kappa shape index (κ1) is 26.8. The third kappa shape index (κ3) is 5.72. The summed E-state index contributed by atoms with van der Waals surface area (Å²) in [6, 6.07) is 3.98. The molecule has 0 spiro atoms. The molecule has 0 heterocycles. The molecule has 0 aromatic heterocycles. The van der Waals surface area contributed by atoms with E-state index in [1.165, 1.54) is 13.0 Å². The van der Waals surface area contributed by atoms with E-state index in [1.54, 1.807) is 20.8 Å². The van der Waals surface area contributed by atoms with Crippen molar-refractivity contribution in [1.82, 2.24) is 4.72 Å². The van der Waals surface area contributed by atoms with Gasteiger partial charge in [-0.2, -0.15) is 5.26 Å². The topological polar surface area (TPSA) is 130 Å². The van der Waals surface area contributed by atoms with E-state index in [2.05, 4.69) is 11.3 Å². The van der Waals surface area contributed by atoms with Gasteiger partial charge in [0.1, 0.15) is 12.5 Å². The molecule has 0 aliphatic carbocycles. The molecular formula is C19H25F2N3O5S2. The van der Waals surface area contributed by atoms with Crippen molar-refractivity contribution in [3.8, 4) is 6.07 Å². The Bertz CT molecular complexity index is 1030. The summed E-state index contributed by atoms with van der Waals surface area (Å²) in [6.45, 7) is 7.72. The molecule has 0 aliphatic rings. The Balaban J connectivity index is 3.76. The second-order valence-corrected chi connectivity index (χ2v) is 12.5. The number of nitro benzene ring substituents is 1. The summed E-state index contributed by atoms with van der Waals surface area (Å²) in [6.07, 6.45) is 0.546. The van der Waals surface area contributed by atoms with Crippen molar-refractivity contribution in [2.24, 2.45) is 0 Å². The average Bonchev–Trinajstić information content (AvgIpc) is 2.64. The molecule has 0 radical (unpaired) electrons. The largest absolute Gasteiger partial charge is 0.269 e. The summed E-state index contributed by atoms with van der Waals surface area (Å²) < 4.78 is 66.7. The fourth-order valence-corrected chi connectivity index (χ4v) is 5.66. The third-order valence-corrected chi connectivity index (χ3v) is 8.86. The van der Waals surface area contributed by atoms with E-state index in [-0.39, 0.29) is 0 Å². The maximum atomic E-state index is 14.7. The number of non-ortho nitro benzene ring substituents is 1. The Hall–Kier alpha value is -2.23. The van der Waals surface area contributed by atoms with Crippen LogP contribution in [0.3, 0.4) is 0 Å². The van der Waals surface area contributed by atoms with E-state index in [4.69, 9.17) is 0 Å². The molecule has 1 aromatic rings. The van der Waals surface area contributed by atoms with Crippen LogP contribution < -0.4 is 4.72 Å². The number of halogens is 2. The van der Waals surface area contributed by atoms with Crippen molar-refractivity contribution in [3.05, 3.63) is 52.3 Å². The highest BCUT2D eigenvalue weighted by molar-refractivity contribution is 7.93. The van der Waals surface area contributed by atoms with Crippen LogP contribution >= 0.6 is 0 Å². The lowest BCUT2D eigenvalue weighted by atomic mass is 9.94. The monoisotopic (exact) mass is 477 g/mol. The molecule has 1 N–H and O–H groups in total. The smallest absolute Gasteiger partial charge is 0.258 e. The number of rotatable bonds is 10. The van der Waals surface area contributed by atoms with E-state index in [9.17, 15) is 36.8 Å². The normalized spacial score (nSPS) is 17.1. The van der Waals surface area contributed by atoms with Crippen molar-refractivity contribution < 1.29 is 26.3 Å². The van der Waals surface area contributed by atoms with Gasteiger partial charge >= 0.3 is 0 Å². The first-order valence-electron chi connectivity index (χ1n) is 9.03. The minimum Gasteiger partial charge on any atom is -0.258 e. The van der Waals surface area contributed by atoms with Crippen molar-refractivity contribution in [3.63, 3.8) is 0 Å². The number of nitro groups is 1. The van der Waals surface area contributed by atoms with Crippen LogP contribution in [0, 0.1) is 27.3 Å². The number of alkyl halides is 1. The van der Waals surface area contributed by atoms with Gasteiger partial charge in [-0.15, -0.1) is 6.58 Å². The minimum absolute atomic E-state index is 0.452. The van der Waals surface area contributed by atoms with Gasteiger partial charge < -0.3 is 0 Å². The predicted molar refractivity (Wildman–Crippen MR) is 114 cm³/mol. The number of benzene rings is 1. The van der Waals surface area contributed by atoms with Crippen LogP contribution in [0.15, 0.2) is 30.9 Å². The molecule has 1 aromatic carbocycles. The van der Waals surface area contributed by atoms with Gasteiger partial charge in [-0.05, 0) is 33.8 Å². The lowest BCUT2D eigenvalue weighted by molar-refractivity contribution is -0.385. The molecule has 1 rings (SSSR count). The SMILES string of the molecule is C=CCC(C#N)(CF)S(=O)(=O)C[C@](C)(N[S@](=O)C(C)(C)C)c1cc([N+](=O)[O-])ccc1F. The summed E-state index contributed by atoms with van der Waals surface area (Å²) in [7, 11) is -6.58. The number of sulfone groups is 1. The van der Waals surface area contributed by atoms with Gasteiger partial charge in [0.15, 0.2) is 14.6 Å². The van der Waals surface area contributed by atoms with Crippen LogP contribution in [0.25, 0.3) is 0 Å². The van der Waals surface area contributed by atoms with Gasteiger partial charge in [0, 0.05) is 24.1 Å². The van der Waals surface area contributed by atoms with Gasteiger partial charge in [0.25, 0.3) is 5.69 Å². The molecule has 0 saturated carbocycles. The van der Waals surface area contributed by atoms with Gasteiger partial charge in [-0.3, -0.25) is 10.1 Å². The summed E-state index contributed by atoms with van der Waals surface area (Å²) >= 11 is 0. The van der Waals surface area contributed by atoms with E-state index in [1.807, 2.05) is 0 Å². The number of hydrogen-bond donors (Lipinski definition) is 1. The maximum Gasteiger partial charge on any atom is 0.269 e. The summed E-state index contributed by atoms with van der Waals surface area (Å²) in [5.41, 5.74) is -2.97. The van der Waals surface area contributed by atoms with Crippen LogP contribution in [0.4, 0.5) is 14.5 Å². The van der Waals surface area contributed by atoms with Crippen molar-refractivity contribution >= 4 is 26.5 Å². The number of nitriles is 1. The van der Waals surface area contributed by atoms with E-state index in [0.29, 0.717) is 0 Å². The molecule has 0 bridgehead atoms. The molecule has 172 valence electrons. The zero-order valence-corrected chi connectivity index (χ0v) is 19.3. The second kappa shape index (κ2) is 9.50. The van der Waals surface area contributed by atoms with Crippen LogP contribution in [0.2, 0.25) is 0 Å². The maximum absolute atomic E-state index is 14.7. The van der Waals surface area contributed by atoms with Gasteiger partial charge in [-0.1, -0.05) is 6.08 Å². The highest BCUT2D eigenvalue weighted by Crippen LogP contribution is 2.34. The quantitative estimate of drug-likeness (QED) is 0.313. The minimum atomic E-state index is -4.63.